The van der Waals surface area contributed by atoms with Crippen LogP contribution in [0.4, 0.5) is 34.1 Å². The normalized spacial score (nSPS) is 15.3. The van der Waals surface area contributed by atoms with Crippen LogP contribution in [0.1, 0.15) is 100 Å². The van der Waals surface area contributed by atoms with E-state index in [-0.39, 0.29) is 19.8 Å². The van der Waals surface area contributed by atoms with E-state index in [1.165, 1.54) is 99.1 Å². The van der Waals surface area contributed by atoms with Gasteiger partial charge < -0.3 is 0 Å². The predicted molar refractivity (Wildman–Crippen MR) is 390 cm³/mol. The summed E-state index contributed by atoms with van der Waals surface area (Å²) in [5, 5.41) is 7.40. The molecule has 3 radical (unpaired) electrons. The van der Waals surface area contributed by atoms with E-state index in [9.17, 15) is 0 Å². The SMILES string of the molecule is Cc1cc(C)cc(N=C2C(=Nc3cc(C)cc(C)c3)c3cccc4cccc2c34)c1.Cc1cc(C)cc(N=C2C(=Nc3cc(C)cc(C)c3)c3cccc4cccc2c34)c1.Cc1cc(C)cc(N=C2C(=Nc3cc(C)cc(C)c3)c3cccc4cccc2c34)c1.[Ga]. The number of hydrogen-bond donors (Lipinski definition) is 0. The first-order valence-electron chi connectivity index (χ1n) is 31.0. The summed E-state index contributed by atoms with van der Waals surface area (Å²) in [6.07, 6.45) is 0. The second-order valence-electron chi connectivity index (χ2n) is 25.0. The van der Waals surface area contributed by atoms with Gasteiger partial charge in [0.2, 0.25) is 0 Å². The number of nitrogens with zero attached hydrogens (tertiary/aromatic N) is 6. The van der Waals surface area contributed by atoms with Gasteiger partial charge in [0, 0.05) is 69.3 Å². The molecule has 0 aliphatic heterocycles. The largest absolute Gasteiger partial charge is 0.246 e. The minimum Gasteiger partial charge on any atom is -0.246 e. The fraction of sp³-hybridized carbons (Fsp3) is 0.143. The van der Waals surface area contributed by atoms with Crippen molar-refractivity contribution in [3.63, 3.8) is 0 Å². The predicted octanol–water partition coefficient (Wildman–Crippen LogP) is 21.6. The third-order valence-corrected chi connectivity index (χ3v) is 16.6. The van der Waals surface area contributed by atoms with Gasteiger partial charge in [-0.05, 0) is 239 Å². The summed E-state index contributed by atoms with van der Waals surface area (Å²) >= 11 is 0. The molecule has 0 N–H and O–H groups in total. The van der Waals surface area contributed by atoms with E-state index in [0.29, 0.717) is 0 Å². The molecule has 0 heterocycles. The topological polar surface area (TPSA) is 74.2 Å². The van der Waals surface area contributed by atoms with E-state index in [2.05, 4.69) is 301 Å². The van der Waals surface area contributed by atoms with Crippen LogP contribution in [0.3, 0.4) is 0 Å². The van der Waals surface area contributed by atoms with Crippen LogP contribution in [0.15, 0.2) is 248 Å². The molecule has 12 aromatic rings. The van der Waals surface area contributed by atoms with Crippen molar-refractivity contribution in [1.82, 2.24) is 0 Å². The van der Waals surface area contributed by atoms with Gasteiger partial charge >= 0.3 is 0 Å². The second kappa shape index (κ2) is 25.5. The van der Waals surface area contributed by atoms with Crippen molar-refractivity contribution in [3.05, 3.63) is 319 Å². The summed E-state index contributed by atoms with van der Waals surface area (Å²) in [6.45, 7) is 25.4. The van der Waals surface area contributed by atoms with Crippen molar-refractivity contribution < 1.29 is 0 Å². The molecule has 0 aromatic heterocycles. The molecular weight excluding hydrogens is 1160 g/mol. The Balaban J connectivity index is 0.000000131. The fourth-order valence-electron chi connectivity index (χ4n) is 13.5. The Morgan fingerprint density at radius 1 is 0.176 bits per heavy atom. The number of rotatable bonds is 6. The zero-order chi connectivity index (χ0) is 62.5. The summed E-state index contributed by atoms with van der Waals surface area (Å²) < 4.78 is 0. The van der Waals surface area contributed by atoms with Crippen molar-refractivity contribution in [3.8, 4) is 0 Å². The monoisotopic (exact) mass is 1230 g/mol. The standard InChI is InChI=1S/3C28H24N2.Ga/c3*1-17-11-18(2)14-22(13-17)29-27-24-9-5-7-21-8-6-10-25(26(21)24)28(27)30-23-15-19(3)12-20(4)16-23;/h3*5-16H,1-4H3;. The van der Waals surface area contributed by atoms with Gasteiger partial charge in [0.05, 0.1) is 68.4 Å². The minimum atomic E-state index is 0. The molecule has 0 amide bonds. The summed E-state index contributed by atoms with van der Waals surface area (Å²) in [7, 11) is 0. The van der Waals surface area contributed by atoms with Crippen LogP contribution in [-0.4, -0.2) is 54.1 Å². The van der Waals surface area contributed by atoms with Crippen molar-refractivity contribution in [2.75, 3.05) is 0 Å². The quantitative estimate of drug-likeness (QED) is 0.149. The third-order valence-electron chi connectivity index (χ3n) is 16.6. The molecule has 441 valence electrons. The molecule has 3 aliphatic carbocycles. The number of aliphatic imine (C=N–C) groups is 6. The first-order valence-corrected chi connectivity index (χ1v) is 31.0. The molecule has 12 aromatic carbocycles. The summed E-state index contributed by atoms with van der Waals surface area (Å²) in [4.78, 5) is 30.8. The number of aryl methyl sites for hydroxylation is 12. The first kappa shape index (κ1) is 61.3. The maximum absolute atomic E-state index is 5.13. The summed E-state index contributed by atoms with van der Waals surface area (Å²) in [6, 6.07) is 77.3. The molecule has 0 fully saturated rings. The van der Waals surface area contributed by atoms with Crippen LogP contribution in [0.25, 0.3) is 32.3 Å². The van der Waals surface area contributed by atoms with Crippen LogP contribution in [-0.2, 0) is 0 Å². The number of benzene rings is 12. The molecule has 15 rings (SSSR count). The first-order chi connectivity index (χ1) is 43.4. The van der Waals surface area contributed by atoms with Gasteiger partial charge in [-0.3, -0.25) is 0 Å². The van der Waals surface area contributed by atoms with Gasteiger partial charge in [-0.25, -0.2) is 30.0 Å². The van der Waals surface area contributed by atoms with Gasteiger partial charge in [0.25, 0.3) is 0 Å². The van der Waals surface area contributed by atoms with Gasteiger partial charge in [-0.1, -0.05) is 146 Å². The van der Waals surface area contributed by atoms with Gasteiger partial charge in [-0.15, -0.1) is 0 Å². The van der Waals surface area contributed by atoms with E-state index in [4.69, 9.17) is 30.0 Å². The van der Waals surface area contributed by atoms with Gasteiger partial charge in [0.15, 0.2) is 0 Å². The smallest absolute Gasteiger partial charge is 0.0978 e. The van der Waals surface area contributed by atoms with Crippen LogP contribution >= 0.6 is 0 Å². The molecule has 6 nitrogen and oxygen atoms in total. The van der Waals surface area contributed by atoms with Crippen molar-refractivity contribution >= 4 is 121 Å². The van der Waals surface area contributed by atoms with Gasteiger partial charge in [0.1, 0.15) is 0 Å². The number of hydrogen-bond acceptors (Lipinski definition) is 6. The molecule has 0 saturated heterocycles. The molecule has 3 aliphatic rings. The van der Waals surface area contributed by atoms with Gasteiger partial charge in [-0.2, -0.15) is 0 Å². The molecule has 0 saturated carbocycles. The maximum Gasteiger partial charge on any atom is 0.0978 e. The van der Waals surface area contributed by atoms with E-state index in [0.717, 1.165) is 102 Å². The van der Waals surface area contributed by atoms with Crippen molar-refractivity contribution in [1.29, 1.82) is 0 Å². The van der Waals surface area contributed by atoms with E-state index < -0.39 is 0 Å². The maximum atomic E-state index is 5.13. The Hall–Kier alpha value is -9.92. The molecule has 91 heavy (non-hydrogen) atoms. The Labute approximate surface area is 548 Å². The third kappa shape index (κ3) is 13.0. The van der Waals surface area contributed by atoms with Crippen molar-refractivity contribution in [2.45, 2.75) is 83.1 Å². The minimum absolute atomic E-state index is 0. The second-order valence-corrected chi connectivity index (χ2v) is 25.0. The van der Waals surface area contributed by atoms with Crippen molar-refractivity contribution in [2.24, 2.45) is 30.0 Å². The zero-order valence-corrected chi connectivity index (χ0v) is 56.5. The summed E-state index contributed by atoms with van der Waals surface area (Å²) in [5.41, 5.74) is 33.1. The molecule has 0 spiro atoms. The molecule has 0 bridgehead atoms. The van der Waals surface area contributed by atoms with Crippen LogP contribution in [0, 0.1) is 83.1 Å². The molecule has 7 heteroatoms. The van der Waals surface area contributed by atoms with E-state index >= 15 is 0 Å². The van der Waals surface area contributed by atoms with Crippen LogP contribution < -0.4 is 0 Å². The van der Waals surface area contributed by atoms with E-state index in [1.807, 2.05) is 0 Å². The van der Waals surface area contributed by atoms with E-state index in [1.54, 1.807) is 0 Å². The summed E-state index contributed by atoms with van der Waals surface area (Å²) in [5.74, 6) is 0. The molecule has 0 atom stereocenters. The van der Waals surface area contributed by atoms with Crippen LogP contribution in [0.5, 0.6) is 0 Å². The Kier molecular flexibility index (Phi) is 17.2. The average Bonchev–Trinajstić information content (AvgIpc) is 1.62. The Morgan fingerprint density at radius 3 is 0.440 bits per heavy atom. The molecular formula is C84H72GaN6. The fourth-order valence-corrected chi connectivity index (χ4v) is 13.5. The Morgan fingerprint density at radius 2 is 0.308 bits per heavy atom. The zero-order valence-electron chi connectivity index (χ0n) is 54.0. The Bertz CT molecular complexity index is 4210. The molecule has 0 unspecified atom stereocenters. The van der Waals surface area contributed by atoms with Crippen LogP contribution in [0.2, 0.25) is 0 Å². The average molecular weight is 1240 g/mol.